The molecular formula is C30H36N2O4. The summed E-state index contributed by atoms with van der Waals surface area (Å²) in [6.45, 7) is 5.47. The molecule has 6 nitrogen and oxygen atoms in total. The monoisotopic (exact) mass is 488 g/mol. The molecule has 2 heterocycles. The van der Waals surface area contributed by atoms with Gasteiger partial charge >= 0.3 is 0 Å². The molecule has 0 bridgehead atoms. The SMILES string of the molecule is COc1cc2c(cc1OC)C(=O)N(CC1CCCN(CCCOc3cccc4ccccc34)C1)CC2. The summed E-state index contributed by atoms with van der Waals surface area (Å²) in [5.74, 6) is 2.87. The van der Waals surface area contributed by atoms with Gasteiger partial charge in [-0.25, -0.2) is 0 Å². The molecule has 2 aliphatic heterocycles. The number of fused-ring (bicyclic) bond motifs is 2. The number of hydrogen-bond acceptors (Lipinski definition) is 5. The van der Waals surface area contributed by atoms with E-state index in [1.54, 1.807) is 14.2 Å². The second-order valence-corrected chi connectivity index (χ2v) is 9.85. The second kappa shape index (κ2) is 11.2. The topological polar surface area (TPSA) is 51.2 Å². The summed E-state index contributed by atoms with van der Waals surface area (Å²) in [5, 5.41) is 2.38. The third kappa shape index (κ3) is 5.29. The number of hydrogen-bond donors (Lipinski definition) is 0. The van der Waals surface area contributed by atoms with Gasteiger partial charge in [-0.1, -0.05) is 36.4 Å². The third-order valence-electron chi connectivity index (χ3n) is 7.49. The smallest absolute Gasteiger partial charge is 0.254 e. The van der Waals surface area contributed by atoms with Gasteiger partial charge in [-0.2, -0.15) is 0 Å². The molecule has 1 saturated heterocycles. The lowest BCUT2D eigenvalue weighted by Gasteiger charge is -2.37. The first-order chi connectivity index (χ1) is 17.7. The summed E-state index contributed by atoms with van der Waals surface area (Å²) < 4.78 is 17.0. The Bertz CT molecular complexity index is 1210. The number of ether oxygens (including phenoxy) is 3. The maximum absolute atomic E-state index is 13.3. The van der Waals surface area contributed by atoms with Crippen LogP contribution in [0.1, 0.15) is 35.2 Å². The molecule has 190 valence electrons. The number of rotatable bonds is 9. The molecule has 2 aliphatic rings. The van der Waals surface area contributed by atoms with Crippen LogP contribution in [0.15, 0.2) is 54.6 Å². The van der Waals surface area contributed by atoms with Crippen LogP contribution in [0.2, 0.25) is 0 Å². The number of likely N-dealkylation sites (tertiary alicyclic amines) is 1. The van der Waals surface area contributed by atoms with Gasteiger partial charge in [-0.3, -0.25) is 4.79 Å². The van der Waals surface area contributed by atoms with Crippen molar-refractivity contribution in [3.63, 3.8) is 0 Å². The van der Waals surface area contributed by atoms with Crippen LogP contribution in [0.25, 0.3) is 10.8 Å². The fourth-order valence-electron chi connectivity index (χ4n) is 5.64. The molecule has 5 rings (SSSR count). The predicted octanol–water partition coefficient (Wildman–Crippen LogP) is 5.04. The summed E-state index contributed by atoms with van der Waals surface area (Å²) in [6, 6.07) is 18.4. The van der Waals surface area contributed by atoms with Crippen molar-refractivity contribution in [3.8, 4) is 17.2 Å². The van der Waals surface area contributed by atoms with Crippen molar-refractivity contribution in [2.45, 2.75) is 25.7 Å². The number of benzene rings is 3. The fraction of sp³-hybridized carbons (Fsp3) is 0.433. The van der Waals surface area contributed by atoms with Gasteiger partial charge in [0.25, 0.3) is 5.91 Å². The first kappa shape index (κ1) is 24.4. The average Bonchev–Trinajstić information content (AvgIpc) is 2.92. The minimum absolute atomic E-state index is 0.109. The van der Waals surface area contributed by atoms with Crippen molar-refractivity contribution in [1.29, 1.82) is 0 Å². The quantitative estimate of drug-likeness (QED) is 0.395. The van der Waals surface area contributed by atoms with Crippen LogP contribution >= 0.6 is 0 Å². The largest absolute Gasteiger partial charge is 0.493 e. The van der Waals surface area contributed by atoms with Gasteiger partial charge in [0, 0.05) is 37.1 Å². The van der Waals surface area contributed by atoms with E-state index in [0.717, 1.165) is 62.4 Å². The highest BCUT2D eigenvalue weighted by atomic mass is 16.5. The number of nitrogens with zero attached hydrogens (tertiary/aromatic N) is 2. The van der Waals surface area contributed by atoms with Crippen LogP contribution in [0, 0.1) is 5.92 Å². The molecule has 0 N–H and O–H groups in total. The van der Waals surface area contributed by atoms with Crippen LogP contribution in [-0.2, 0) is 6.42 Å². The maximum atomic E-state index is 13.3. The van der Waals surface area contributed by atoms with Crippen molar-refractivity contribution >= 4 is 16.7 Å². The lowest BCUT2D eigenvalue weighted by molar-refractivity contribution is 0.0658. The van der Waals surface area contributed by atoms with E-state index in [9.17, 15) is 4.79 Å². The van der Waals surface area contributed by atoms with Crippen molar-refractivity contribution < 1.29 is 19.0 Å². The highest BCUT2D eigenvalue weighted by Gasteiger charge is 2.29. The molecule has 0 aromatic heterocycles. The van der Waals surface area contributed by atoms with Crippen LogP contribution in [0.5, 0.6) is 17.2 Å². The Balaban J connectivity index is 1.12. The van der Waals surface area contributed by atoms with Gasteiger partial charge in [-0.15, -0.1) is 0 Å². The van der Waals surface area contributed by atoms with Crippen molar-refractivity contribution in [2.24, 2.45) is 5.92 Å². The highest BCUT2D eigenvalue weighted by molar-refractivity contribution is 5.97. The summed E-state index contributed by atoms with van der Waals surface area (Å²) in [7, 11) is 3.24. The van der Waals surface area contributed by atoms with Crippen LogP contribution in [0.3, 0.4) is 0 Å². The number of piperidine rings is 1. The molecule has 0 spiro atoms. The van der Waals surface area contributed by atoms with E-state index < -0.39 is 0 Å². The number of carbonyl (C=O) groups excluding carboxylic acids is 1. The van der Waals surface area contributed by atoms with E-state index >= 15 is 0 Å². The zero-order chi connectivity index (χ0) is 24.9. The minimum atomic E-state index is 0.109. The van der Waals surface area contributed by atoms with E-state index in [2.05, 4.69) is 47.4 Å². The molecule has 3 aromatic carbocycles. The predicted molar refractivity (Wildman–Crippen MR) is 142 cm³/mol. The molecule has 1 unspecified atom stereocenters. The first-order valence-electron chi connectivity index (χ1n) is 13.0. The second-order valence-electron chi connectivity index (χ2n) is 9.85. The van der Waals surface area contributed by atoms with Crippen molar-refractivity contribution in [2.75, 3.05) is 53.6 Å². The Morgan fingerprint density at radius 1 is 0.944 bits per heavy atom. The Labute approximate surface area is 213 Å². The molecule has 0 aliphatic carbocycles. The van der Waals surface area contributed by atoms with E-state index in [0.29, 0.717) is 24.0 Å². The molecule has 1 fully saturated rings. The Kier molecular flexibility index (Phi) is 7.61. The molecule has 0 saturated carbocycles. The minimum Gasteiger partial charge on any atom is -0.493 e. The average molecular weight is 489 g/mol. The first-order valence-corrected chi connectivity index (χ1v) is 13.0. The number of amides is 1. The Hall–Kier alpha value is -3.25. The summed E-state index contributed by atoms with van der Waals surface area (Å²) >= 11 is 0. The molecule has 0 radical (unpaired) electrons. The van der Waals surface area contributed by atoms with Gasteiger partial charge in [0.2, 0.25) is 0 Å². The molecule has 36 heavy (non-hydrogen) atoms. The van der Waals surface area contributed by atoms with Crippen molar-refractivity contribution in [3.05, 3.63) is 65.7 Å². The molecule has 6 heteroatoms. The fourth-order valence-corrected chi connectivity index (χ4v) is 5.64. The van der Waals surface area contributed by atoms with Crippen molar-refractivity contribution in [1.82, 2.24) is 9.80 Å². The standard InChI is InChI=1S/C30H36N2O4/c1-34-28-18-24-13-16-32(30(33)26(24)19-29(28)35-2)21-22-8-6-14-31(20-22)15-7-17-36-27-12-5-10-23-9-3-4-11-25(23)27/h3-5,9-12,18-19,22H,6-8,13-17,20-21H2,1-2H3. The van der Waals surface area contributed by atoms with E-state index in [1.807, 2.05) is 17.0 Å². The third-order valence-corrected chi connectivity index (χ3v) is 7.49. The Morgan fingerprint density at radius 2 is 1.75 bits per heavy atom. The van der Waals surface area contributed by atoms with Crippen LogP contribution in [-0.4, -0.2) is 69.3 Å². The highest BCUT2D eigenvalue weighted by Crippen LogP contribution is 2.34. The Morgan fingerprint density at radius 3 is 2.61 bits per heavy atom. The van der Waals surface area contributed by atoms with Gasteiger partial charge in [0.05, 0.1) is 20.8 Å². The van der Waals surface area contributed by atoms with Gasteiger partial charge < -0.3 is 24.0 Å². The lowest BCUT2D eigenvalue weighted by atomic mass is 9.94. The molecule has 1 atom stereocenters. The van der Waals surface area contributed by atoms with E-state index in [1.165, 1.54) is 23.6 Å². The molecule has 1 amide bonds. The number of methoxy groups -OCH3 is 2. The maximum Gasteiger partial charge on any atom is 0.254 e. The molecular weight excluding hydrogens is 452 g/mol. The van der Waals surface area contributed by atoms with Gasteiger partial charge in [0.15, 0.2) is 11.5 Å². The lowest BCUT2D eigenvalue weighted by Crippen LogP contribution is -2.45. The molecule has 3 aromatic rings. The summed E-state index contributed by atoms with van der Waals surface area (Å²) in [4.78, 5) is 17.9. The summed E-state index contributed by atoms with van der Waals surface area (Å²) in [5.41, 5.74) is 1.79. The zero-order valence-corrected chi connectivity index (χ0v) is 21.4. The van der Waals surface area contributed by atoms with Crippen LogP contribution < -0.4 is 14.2 Å². The van der Waals surface area contributed by atoms with Crippen LogP contribution in [0.4, 0.5) is 0 Å². The van der Waals surface area contributed by atoms with Gasteiger partial charge in [0.1, 0.15) is 5.75 Å². The number of carbonyl (C=O) groups is 1. The van der Waals surface area contributed by atoms with E-state index in [-0.39, 0.29) is 5.91 Å². The van der Waals surface area contributed by atoms with E-state index in [4.69, 9.17) is 14.2 Å². The van der Waals surface area contributed by atoms with Gasteiger partial charge in [-0.05, 0) is 67.3 Å². The zero-order valence-electron chi connectivity index (χ0n) is 21.4. The summed E-state index contributed by atoms with van der Waals surface area (Å²) in [6.07, 6.45) is 4.20. The normalized spacial score (nSPS) is 18.2.